The van der Waals surface area contributed by atoms with E-state index in [0.29, 0.717) is 12.8 Å². The fourth-order valence-electron chi connectivity index (χ4n) is 2.44. The van der Waals surface area contributed by atoms with E-state index in [-0.39, 0.29) is 17.9 Å². The van der Waals surface area contributed by atoms with Crippen molar-refractivity contribution in [1.29, 1.82) is 0 Å². The number of rotatable bonds is 1. The van der Waals surface area contributed by atoms with Crippen molar-refractivity contribution in [2.75, 3.05) is 13.1 Å². The van der Waals surface area contributed by atoms with Crippen LogP contribution in [0.3, 0.4) is 0 Å². The fourth-order valence-corrected chi connectivity index (χ4v) is 2.44. The Labute approximate surface area is 90.0 Å². The molecule has 0 bridgehead atoms. The quantitative estimate of drug-likeness (QED) is 0.647. The van der Waals surface area contributed by atoms with Gasteiger partial charge in [-0.25, -0.2) is 0 Å². The number of carbonyl (C=O) groups excluding carboxylic acids is 2. The molecule has 0 aromatic rings. The highest BCUT2D eigenvalue weighted by atomic mass is 16.2. The maximum absolute atomic E-state index is 11.6. The van der Waals surface area contributed by atoms with Crippen LogP contribution in [-0.2, 0) is 9.59 Å². The van der Waals surface area contributed by atoms with Crippen LogP contribution in [0.1, 0.15) is 38.5 Å². The number of imide groups is 1. The minimum absolute atomic E-state index is 0.0548. The van der Waals surface area contributed by atoms with E-state index in [4.69, 9.17) is 0 Å². The van der Waals surface area contributed by atoms with Crippen LogP contribution in [-0.4, -0.2) is 35.8 Å². The standard InChI is InChI=1S/C11H18N2O2/c14-10-6-5-9(11(15)12-10)13-7-3-1-2-4-8-13/h9H,1-8H2,(H,12,14,15)/t9-/m1/s1. The van der Waals surface area contributed by atoms with E-state index in [0.717, 1.165) is 13.1 Å². The normalized spacial score (nSPS) is 29.7. The van der Waals surface area contributed by atoms with E-state index in [1.54, 1.807) is 0 Å². The molecule has 2 heterocycles. The lowest BCUT2D eigenvalue weighted by molar-refractivity contribution is -0.137. The molecule has 0 saturated carbocycles. The summed E-state index contributed by atoms with van der Waals surface area (Å²) in [5.41, 5.74) is 0. The molecular weight excluding hydrogens is 192 g/mol. The van der Waals surface area contributed by atoms with Gasteiger partial charge < -0.3 is 0 Å². The Bertz CT molecular complexity index is 257. The van der Waals surface area contributed by atoms with Crippen molar-refractivity contribution in [2.24, 2.45) is 0 Å². The largest absolute Gasteiger partial charge is 0.295 e. The summed E-state index contributed by atoms with van der Waals surface area (Å²) < 4.78 is 0. The van der Waals surface area contributed by atoms with E-state index in [1.165, 1.54) is 25.7 Å². The molecule has 15 heavy (non-hydrogen) atoms. The highest BCUT2D eigenvalue weighted by Gasteiger charge is 2.31. The minimum Gasteiger partial charge on any atom is -0.295 e. The lowest BCUT2D eigenvalue weighted by atomic mass is 10.0. The Morgan fingerprint density at radius 2 is 1.73 bits per heavy atom. The lowest BCUT2D eigenvalue weighted by Gasteiger charge is -2.31. The van der Waals surface area contributed by atoms with Crippen LogP contribution in [0.15, 0.2) is 0 Å². The maximum atomic E-state index is 11.6. The number of piperidine rings is 1. The van der Waals surface area contributed by atoms with Crippen molar-refractivity contribution in [1.82, 2.24) is 10.2 Å². The van der Waals surface area contributed by atoms with Crippen LogP contribution in [0.25, 0.3) is 0 Å². The second kappa shape index (κ2) is 4.75. The van der Waals surface area contributed by atoms with Gasteiger partial charge in [0, 0.05) is 6.42 Å². The van der Waals surface area contributed by atoms with Crippen molar-refractivity contribution in [3.05, 3.63) is 0 Å². The summed E-state index contributed by atoms with van der Waals surface area (Å²) in [6.45, 7) is 2.01. The van der Waals surface area contributed by atoms with Gasteiger partial charge in [0.25, 0.3) is 0 Å². The third kappa shape index (κ3) is 2.56. The van der Waals surface area contributed by atoms with Gasteiger partial charge in [-0.05, 0) is 32.4 Å². The molecule has 2 rings (SSSR count). The summed E-state index contributed by atoms with van der Waals surface area (Å²) in [5, 5.41) is 2.43. The Morgan fingerprint density at radius 1 is 1.07 bits per heavy atom. The van der Waals surface area contributed by atoms with Gasteiger partial charge in [-0.2, -0.15) is 0 Å². The van der Waals surface area contributed by atoms with Gasteiger partial charge in [-0.15, -0.1) is 0 Å². The highest BCUT2D eigenvalue weighted by molar-refractivity contribution is 6.00. The van der Waals surface area contributed by atoms with Crippen molar-refractivity contribution >= 4 is 11.8 Å². The summed E-state index contributed by atoms with van der Waals surface area (Å²) in [4.78, 5) is 24.9. The molecule has 0 radical (unpaired) electrons. The first-order valence-electron chi connectivity index (χ1n) is 5.85. The molecule has 84 valence electrons. The smallest absolute Gasteiger partial charge is 0.243 e. The summed E-state index contributed by atoms with van der Waals surface area (Å²) >= 11 is 0. The minimum atomic E-state index is -0.119. The van der Waals surface area contributed by atoms with E-state index in [2.05, 4.69) is 10.2 Å². The van der Waals surface area contributed by atoms with Crippen LogP contribution < -0.4 is 5.32 Å². The van der Waals surface area contributed by atoms with Gasteiger partial charge in [0.2, 0.25) is 11.8 Å². The number of nitrogens with one attached hydrogen (secondary N) is 1. The van der Waals surface area contributed by atoms with Crippen LogP contribution in [0, 0.1) is 0 Å². The first kappa shape index (κ1) is 10.6. The van der Waals surface area contributed by atoms with Crippen molar-refractivity contribution in [3.63, 3.8) is 0 Å². The van der Waals surface area contributed by atoms with Crippen LogP contribution >= 0.6 is 0 Å². The summed E-state index contributed by atoms with van der Waals surface area (Å²) in [5.74, 6) is -0.209. The van der Waals surface area contributed by atoms with Gasteiger partial charge in [0.15, 0.2) is 0 Å². The first-order chi connectivity index (χ1) is 7.27. The molecule has 4 heteroatoms. The predicted molar refractivity (Wildman–Crippen MR) is 56.2 cm³/mol. The topological polar surface area (TPSA) is 49.4 Å². The number of likely N-dealkylation sites (tertiary alicyclic amines) is 1. The fraction of sp³-hybridized carbons (Fsp3) is 0.818. The Hall–Kier alpha value is -0.900. The summed E-state index contributed by atoms with van der Waals surface area (Å²) in [7, 11) is 0. The lowest BCUT2D eigenvalue weighted by Crippen LogP contribution is -2.52. The predicted octanol–water partition coefficient (Wildman–Crippen LogP) is 0.668. The van der Waals surface area contributed by atoms with E-state index in [9.17, 15) is 9.59 Å². The first-order valence-corrected chi connectivity index (χ1v) is 5.85. The number of nitrogens with zero attached hydrogens (tertiary/aromatic N) is 1. The molecule has 0 spiro atoms. The van der Waals surface area contributed by atoms with E-state index in [1.807, 2.05) is 0 Å². The zero-order chi connectivity index (χ0) is 10.7. The number of hydrogen-bond acceptors (Lipinski definition) is 3. The van der Waals surface area contributed by atoms with Gasteiger partial charge >= 0.3 is 0 Å². The maximum Gasteiger partial charge on any atom is 0.243 e. The number of amides is 2. The monoisotopic (exact) mass is 210 g/mol. The van der Waals surface area contributed by atoms with Gasteiger partial charge in [0.05, 0.1) is 6.04 Å². The second-order valence-electron chi connectivity index (χ2n) is 4.42. The molecule has 4 nitrogen and oxygen atoms in total. The molecule has 2 aliphatic rings. The molecule has 0 aliphatic carbocycles. The SMILES string of the molecule is O=C1CC[C@@H](N2CCCCCC2)C(=O)N1. The highest BCUT2D eigenvalue weighted by Crippen LogP contribution is 2.17. The Balaban J connectivity index is 1.96. The molecule has 1 atom stereocenters. The van der Waals surface area contributed by atoms with E-state index >= 15 is 0 Å². The summed E-state index contributed by atoms with van der Waals surface area (Å²) in [6, 6.07) is -0.0548. The Kier molecular flexibility index (Phi) is 3.36. The average molecular weight is 210 g/mol. The van der Waals surface area contributed by atoms with Crippen molar-refractivity contribution in [3.8, 4) is 0 Å². The molecule has 2 aliphatic heterocycles. The Morgan fingerprint density at radius 3 is 2.33 bits per heavy atom. The van der Waals surface area contributed by atoms with Crippen molar-refractivity contribution < 1.29 is 9.59 Å². The molecule has 2 fully saturated rings. The van der Waals surface area contributed by atoms with Crippen LogP contribution in [0.5, 0.6) is 0 Å². The molecule has 0 aromatic carbocycles. The molecular formula is C11H18N2O2. The van der Waals surface area contributed by atoms with Crippen LogP contribution in [0.2, 0.25) is 0 Å². The van der Waals surface area contributed by atoms with Gasteiger partial charge in [-0.3, -0.25) is 19.8 Å². The third-order valence-corrected chi connectivity index (χ3v) is 3.29. The molecule has 2 amide bonds. The molecule has 2 saturated heterocycles. The third-order valence-electron chi connectivity index (χ3n) is 3.29. The number of carbonyl (C=O) groups is 2. The van der Waals surface area contributed by atoms with Gasteiger partial charge in [0.1, 0.15) is 0 Å². The van der Waals surface area contributed by atoms with Crippen molar-refractivity contribution in [2.45, 2.75) is 44.6 Å². The average Bonchev–Trinajstić information content (AvgIpc) is 2.46. The second-order valence-corrected chi connectivity index (χ2v) is 4.42. The summed E-state index contributed by atoms with van der Waals surface area (Å²) in [6.07, 6.45) is 6.08. The number of hydrogen-bond donors (Lipinski definition) is 1. The van der Waals surface area contributed by atoms with Gasteiger partial charge in [-0.1, -0.05) is 12.8 Å². The van der Waals surface area contributed by atoms with E-state index < -0.39 is 0 Å². The zero-order valence-electron chi connectivity index (χ0n) is 9.00. The van der Waals surface area contributed by atoms with Crippen LogP contribution in [0.4, 0.5) is 0 Å². The molecule has 0 aromatic heterocycles. The zero-order valence-corrected chi connectivity index (χ0v) is 9.00. The molecule has 0 unspecified atom stereocenters. The molecule has 1 N–H and O–H groups in total.